The number of nitrogens with one attached hydrogen (secondary N) is 2. The van der Waals surface area contributed by atoms with Crippen LogP contribution in [-0.4, -0.2) is 30.5 Å². The van der Waals surface area contributed by atoms with Crippen molar-refractivity contribution in [3.05, 3.63) is 46.2 Å². The normalized spacial score (nSPS) is 10.3. The average molecular weight is 471 g/mol. The molecule has 32 heavy (non-hydrogen) atoms. The van der Waals surface area contributed by atoms with Crippen LogP contribution >= 0.6 is 22.7 Å². The quantitative estimate of drug-likeness (QED) is 0.430. The molecule has 10 heteroatoms. The number of carbonyl (C=O) groups is 2. The monoisotopic (exact) mass is 470 g/mol. The van der Waals surface area contributed by atoms with Gasteiger partial charge in [0.25, 0.3) is 0 Å². The Kier molecular flexibility index (Phi) is 8.19. The molecule has 0 unspecified atom stereocenters. The summed E-state index contributed by atoms with van der Waals surface area (Å²) >= 11 is 2.92. The van der Waals surface area contributed by atoms with Gasteiger partial charge in [0.15, 0.2) is 16.6 Å². The summed E-state index contributed by atoms with van der Waals surface area (Å²) in [6.07, 6.45) is 0.804. The summed E-state index contributed by atoms with van der Waals surface area (Å²) in [4.78, 5) is 29.8. The van der Waals surface area contributed by atoms with E-state index in [4.69, 9.17) is 14.7 Å². The zero-order chi connectivity index (χ0) is 22.9. The lowest BCUT2D eigenvalue weighted by molar-refractivity contribution is -0.119. The van der Waals surface area contributed by atoms with Gasteiger partial charge in [-0.25, -0.2) is 4.98 Å². The van der Waals surface area contributed by atoms with Crippen LogP contribution in [0.4, 0.5) is 5.13 Å². The number of anilines is 1. The van der Waals surface area contributed by atoms with Gasteiger partial charge in [0, 0.05) is 29.7 Å². The number of nitrogens with zero attached hydrogens (tertiary/aromatic N) is 2. The number of hydrogen-bond acceptors (Lipinski definition) is 8. The fraction of sp³-hybridized carbons (Fsp3) is 0.273. The van der Waals surface area contributed by atoms with E-state index >= 15 is 0 Å². The zero-order valence-electron chi connectivity index (χ0n) is 17.6. The van der Waals surface area contributed by atoms with Crippen LogP contribution in [0.5, 0.6) is 11.5 Å². The Morgan fingerprint density at radius 2 is 2.06 bits per heavy atom. The van der Waals surface area contributed by atoms with E-state index in [9.17, 15) is 9.59 Å². The molecule has 2 amide bonds. The maximum Gasteiger partial charge on any atom is 0.226 e. The third-order valence-corrected chi connectivity index (χ3v) is 6.14. The third kappa shape index (κ3) is 6.54. The fourth-order valence-corrected chi connectivity index (χ4v) is 4.43. The Morgan fingerprint density at radius 3 is 2.81 bits per heavy atom. The van der Waals surface area contributed by atoms with Gasteiger partial charge in [0.2, 0.25) is 11.8 Å². The van der Waals surface area contributed by atoms with Gasteiger partial charge in [-0.3, -0.25) is 9.59 Å². The number of thiophene rings is 1. The smallest absolute Gasteiger partial charge is 0.226 e. The van der Waals surface area contributed by atoms with Gasteiger partial charge in [-0.15, -0.1) is 22.7 Å². The topological polar surface area (TPSA) is 113 Å². The van der Waals surface area contributed by atoms with Crippen LogP contribution in [0.3, 0.4) is 0 Å². The summed E-state index contributed by atoms with van der Waals surface area (Å²) in [5, 5.41) is 17.0. The summed E-state index contributed by atoms with van der Waals surface area (Å²) in [7, 11) is 1.51. The van der Waals surface area contributed by atoms with Gasteiger partial charge in [-0.1, -0.05) is 0 Å². The Balaban J connectivity index is 1.45. The highest BCUT2D eigenvalue weighted by molar-refractivity contribution is 7.17. The maximum atomic E-state index is 12.2. The first-order chi connectivity index (χ1) is 15.5. The molecule has 1 aromatic carbocycles. The molecule has 0 atom stereocenters. The van der Waals surface area contributed by atoms with Crippen molar-refractivity contribution in [2.45, 2.75) is 26.3 Å². The van der Waals surface area contributed by atoms with Crippen molar-refractivity contribution in [2.75, 3.05) is 19.0 Å². The van der Waals surface area contributed by atoms with Gasteiger partial charge < -0.3 is 20.1 Å². The lowest BCUT2D eigenvalue weighted by Crippen LogP contribution is -2.17. The van der Waals surface area contributed by atoms with Crippen LogP contribution in [0.25, 0.3) is 10.6 Å². The van der Waals surface area contributed by atoms with E-state index in [-0.39, 0.29) is 18.2 Å². The van der Waals surface area contributed by atoms with Crippen molar-refractivity contribution in [1.29, 1.82) is 5.26 Å². The first-order valence-corrected chi connectivity index (χ1v) is 11.5. The van der Waals surface area contributed by atoms with Crippen molar-refractivity contribution < 1.29 is 19.1 Å². The van der Waals surface area contributed by atoms with Gasteiger partial charge >= 0.3 is 0 Å². The van der Waals surface area contributed by atoms with E-state index in [2.05, 4.69) is 15.6 Å². The highest BCUT2D eigenvalue weighted by Gasteiger charge is 2.11. The number of methoxy groups -OCH3 is 1. The van der Waals surface area contributed by atoms with Crippen molar-refractivity contribution >= 4 is 39.6 Å². The predicted octanol–water partition coefficient (Wildman–Crippen LogP) is 4.19. The van der Waals surface area contributed by atoms with Crippen LogP contribution in [-0.2, 0) is 16.1 Å². The molecule has 0 bridgehead atoms. The maximum absolute atomic E-state index is 12.2. The van der Waals surface area contributed by atoms with Crippen LogP contribution in [0, 0.1) is 11.3 Å². The van der Waals surface area contributed by atoms with Crippen molar-refractivity contribution in [3.63, 3.8) is 0 Å². The number of hydrogen-bond donors (Lipinski definition) is 2. The number of carbonyl (C=O) groups excluding carboxylic acids is 2. The molecule has 0 aliphatic carbocycles. The highest BCUT2D eigenvalue weighted by atomic mass is 32.1. The number of benzene rings is 1. The van der Waals surface area contributed by atoms with Gasteiger partial charge in [-0.2, -0.15) is 5.26 Å². The van der Waals surface area contributed by atoms with Gasteiger partial charge in [-0.05, 0) is 30.7 Å². The first kappa shape index (κ1) is 23.2. The first-order valence-electron chi connectivity index (χ1n) is 9.78. The molecule has 3 aromatic rings. The number of aromatic nitrogens is 1. The van der Waals surface area contributed by atoms with E-state index in [0.29, 0.717) is 41.8 Å². The van der Waals surface area contributed by atoms with E-state index < -0.39 is 0 Å². The van der Waals surface area contributed by atoms with E-state index in [1.54, 1.807) is 29.5 Å². The van der Waals surface area contributed by atoms with E-state index in [0.717, 1.165) is 15.4 Å². The zero-order valence-corrected chi connectivity index (χ0v) is 19.3. The van der Waals surface area contributed by atoms with E-state index in [1.165, 1.54) is 25.4 Å². The van der Waals surface area contributed by atoms with Crippen molar-refractivity contribution in [3.8, 4) is 28.1 Å². The Labute approximate surface area is 193 Å². The molecule has 0 fully saturated rings. The molecule has 3 rings (SSSR count). The van der Waals surface area contributed by atoms with Crippen LogP contribution in [0.1, 0.15) is 30.2 Å². The van der Waals surface area contributed by atoms with Crippen molar-refractivity contribution in [1.82, 2.24) is 10.3 Å². The minimum atomic E-state index is -0.140. The minimum Gasteiger partial charge on any atom is -0.493 e. The molecule has 0 radical (unpaired) electrons. The number of rotatable bonds is 10. The second kappa shape index (κ2) is 11.3. The molecule has 0 saturated carbocycles. The molecule has 166 valence electrons. The Morgan fingerprint density at radius 1 is 1.22 bits per heavy atom. The summed E-state index contributed by atoms with van der Waals surface area (Å²) in [6, 6.07) is 10.9. The number of nitriles is 1. The molecule has 2 aromatic heterocycles. The van der Waals surface area contributed by atoms with Gasteiger partial charge in [0.05, 0.1) is 42.5 Å². The molecule has 0 saturated heterocycles. The SMILES string of the molecule is COc1cc(C#N)ccc1OCCCC(=O)Nc1nc(-c2ccc(CNC(C)=O)s2)cs1. The summed E-state index contributed by atoms with van der Waals surface area (Å²) in [6.45, 7) is 2.31. The third-order valence-electron chi connectivity index (χ3n) is 4.27. The molecule has 0 aliphatic heterocycles. The standard InChI is InChI=1S/C22H22N4O4S2/c1-14(27)24-12-16-6-8-20(32-16)17-13-31-22(25-17)26-21(28)4-3-9-30-18-7-5-15(11-23)10-19(18)29-2/h5-8,10,13H,3-4,9,12H2,1-2H3,(H,24,27)(H,25,26,28). The largest absolute Gasteiger partial charge is 0.493 e. The van der Waals surface area contributed by atoms with Crippen molar-refractivity contribution in [2.24, 2.45) is 0 Å². The molecule has 8 nitrogen and oxygen atoms in total. The van der Waals surface area contributed by atoms with Crippen LogP contribution in [0.2, 0.25) is 0 Å². The molecule has 0 aliphatic rings. The Bertz CT molecular complexity index is 1130. The second-order valence-electron chi connectivity index (χ2n) is 6.69. The van der Waals surface area contributed by atoms with Crippen LogP contribution < -0.4 is 20.1 Å². The second-order valence-corrected chi connectivity index (χ2v) is 8.72. The van der Waals surface area contributed by atoms with E-state index in [1.807, 2.05) is 23.6 Å². The molecule has 2 N–H and O–H groups in total. The lowest BCUT2D eigenvalue weighted by atomic mass is 10.2. The minimum absolute atomic E-state index is 0.0694. The average Bonchev–Trinajstić information content (AvgIpc) is 3.44. The fourth-order valence-electron chi connectivity index (χ4n) is 2.72. The van der Waals surface area contributed by atoms with Crippen LogP contribution in [0.15, 0.2) is 35.7 Å². The highest BCUT2D eigenvalue weighted by Crippen LogP contribution is 2.31. The number of ether oxygens (including phenoxy) is 2. The molecular weight excluding hydrogens is 448 g/mol. The summed E-state index contributed by atoms with van der Waals surface area (Å²) in [5.74, 6) is 0.807. The summed E-state index contributed by atoms with van der Waals surface area (Å²) in [5.41, 5.74) is 1.28. The van der Waals surface area contributed by atoms with Gasteiger partial charge in [0.1, 0.15) is 0 Å². The molecule has 0 spiro atoms. The molecular formula is C22H22N4O4S2. The Hall–Kier alpha value is -3.42. The number of thiazole rings is 1. The summed E-state index contributed by atoms with van der Waals surface area (Å²) < 4.78 is 10.9. The number of amides is 2. The lowest BCUT2D eigenvalue weighted by Gasteiger charge is -2.10. The predicted molar refractivity (Wildman–Crippen MR) is 124 cm³/mol. The molecule has 2 heterocycles.